The molecule has 0 amide bonds. The van der Waals surface area contributed by atoms with Gasteiger partial charge in [0.05, 0.1) is 26.2 Å². The summed E-state index contributed by atoms with van der Waals surface area (Å²) >= 11 is 0. The van der Waals surface area contributed by atoms with E-state index in [1.54, 1.807) is 0 Å². The molecule has 2 heteroatoms. The van der Waals surface area contributed by atoms with Gasteiger partial charge in [-0.15, -0.1) is 0 Å². The Balaban J connectivity index is 0. The Morgan fingerprint density at radius 1 is 0.667 bits per heavy atom. The summed E-state index contributed by atoms with van der Waals surface area (Å²) in [5, 5.41) is 0. The third-order valence-electron chi connectivity index (χ3n) is 3.75. The highest BCUT2D eigenvalue weighted by Crippen LogP contribution is 2.10. The van der Waals surface area contributed by atoms with Crippen LogP contribution in [0.25, 0.3) is 0 Å². The topological polar surface area (TPSA) is 0 Å². The van der Waals surface area contributed by atoms with Gasteiger partial charge in [-0.3, -0.25) is 0 Å². The molecule has 15 heavy (non-hydrogen) atoms. The third kappa shape index (κ3) is 7.19. The number of quaternary nitrogens is 1. The van der Waals surface area contributed by atoms with Crippen LogP contribution in [0.4, 0.5) is 0 Å². The van der Waals surface area contributed by atoms with Crippen LogP contribution in [0.2, 0.25) is 0 Å². The lowest BCUT2D eigenvalue weighted by atomic mass is 10.1. The van der Waals surface area contributed by atoms with Crippen LogP contribution >= 0.6 is 0 Å². The molecule has 1 nitrogen and oxygen atoms in total. The summed E-state index contributed by atoms with van der Waals surface area (Å²) in [6.07, 6.45) is 7.08. The molecule has 0 aliphatic heterocycles. The van der Waals surface area contributed by atoms with Crippen LogP contribution in [-0.4, -0.2) is 30.7 Å². The Kier molecular flexibility index (Phi) is 12.6. The van der Waals surface area contributed by atoms with Gasteiger partial charge in [0.2, 0.25) is 0 Å². The van der Waals surface area contributed by atoms with Crippen molar-refractivity contribution in [2.24, 2.45) is 0 Å². The molecule has 0 unspecified atom stereocenters. The fourth-order valence-corrected chi connectivity index (χ4v) is 2.20. The van der Waals surface area contributed by atoms with Crippen molar-refractivity contribution < 1.29 is 16.9 Å². The Bertz CT molecular complexity index is 113. The highest BCUT2D eigenvalue weighted by atomic mass is 35.5. The number of rotatable bonds is 9. The quantitative estimate of drug-likeness (QED) is 0.411. The summed E-state index contributed by atoms with van der Waals surface area (Å²) in [5.74, 6) is 0. The van der Waals surface area contributed by atoms with E-state index in [0.717, 1.165) is 0 Å². The van der Waals surface area contributed by atoms with Crippen LogP contribution < -0.4 is 12.4 Å². The summed E-state index contributed by atoms with van der Waals surface area (Å²) in [6.45, 7) is 14.6. The standard InChI is InChI=1S/C13H30N.ClH/c1-5-9-10-11-12-13-14(6-2,7-3)8-4;/h5-13H2,1-4H3;1H/q+1;/p-1. The first kappa shape index (κ1) is 17.6. The molecule has 0 aliphatic carbocycles. The van der Waals surface area contributed by atoms with E-state index < -0.39 is 0 Å². The molecule has 0 radical (unpaired) electrons. The smallest absolute Gasteiger partial charge is 0.0786 e. The van der Waals surface area contributed by atoms with Crippen molar-refractivity contribution in [3.63, 3.8) is 0 Å². The van der Waals surface area contributed by atoms with E-state index in [0.29, 0.717) is 0 Å². The Morgan fingerprint density at radius 2 is 1.13 bits per heavy atom. The van der Waals surface area contributed by atoms with Crippen LogP contribution in [0.5, 0.6) is 0 Å². The van der Waals surface area contributed by atoms with Gasteiger partial charge in [-0.05, 0) is 33.6 Å². The van der Waals surface area contributed by atoms with Gasteiger partial charge in [-0.1, -0.05) is 26.2 Å². The maximum Gasteiger partial charge on any atom is 0.0786 e. The zero-order chi connectivity index (χ0) is 10.9. The summed E-state index contributed by atoms with van der Waals surface area (Å²) in [7, 11) is 0. The minimum atomic E-state index is 0. The molecule has 0 aliphatic rings. The van der Waals surface area contributed by atoms with Crippen molar-refractivity contribution in [3.05, 3.63) is 0 Å². The molecular formula is C13H30ClN. The number of hydrogen-bond donors (Lipinski definition) is 0. The SMILES string of the molecule is CCCCCCC[N+](CC)(CC)CC.[Cl-]. The minimum Gasteiger partial charge on any atom is -1.00 e. The first-order valence-corrected chi connectivity index (χ1v) is 6.59. The van der Waals surface area contributed by atoms with E-state index in [1.807, 2.05) is 0 Å². The highest BCUT2D eigenvalue weighted by Gasteiger charge is 2.19. The fourth-order valence-electron chi connectivity index (χ4n) is 2.20. The lowest BCUT2D eigenvalue weighted by Crippen LogP contribution is -3.00. The normalized spacial score (nSPS) is 11.2. The summed E-state index contributed by atoms with van der Waals surface area (Å²) in [6, 6.07) is 0. The van der Waals surface area contributed by atoms with Gasteiger partial charge in [-0.2, -0.15) is 0 Å². The van der Waals surface area contributed by atoms with Gasteiger partial charge in [0.1, 0.15) is 0 Å². The summed E-state index contributed by atoms with van der Waals surface area (Å²) in [5.41, 5.74) is 0. The average Bonchev–Trinajstić information content (AvgIpc) is 2.24. The Hall–Kier alpha value is 0.250. The van der Waals surface area contributed by atoms with Crippen LogP contribution in [-0.2, 0) is 0 Å². The van der Waals surface area contributed by atoms with Gasteiger partial charge >= 0.3 is 0 Å². The van der Waals surface area contributed by atoms with Crippen molar-refractivity contribution >= 4 is 0 Å². The molecule has 0 aromatic heterocycles. The van der Waals surface area contributed by atoms with Gasteiger partial charge < -0.3 is 16.9 Å². The second-order valence-corrected chi connectivity index (χ2v) is 4.43. The van der Waals surface area contributed by atoms with Gasteiger partial charge in [0, 0.05) is 0 Å². The zero-order valence-corrected chi connectivity index (χ0v) is 11.9. The highest BCUT2D eigenvalue weighted by molar-refractivity contribution is 4.44. The van der Waals surface area contributed by atoms with E-state index >= 15 is 0 Å². The number of hydrogen-bond acceptors (Lipinski definition) is 0. The lowest BCUT2D eigenvalue weighted by Gasteiger charge is -2.35. The molecule has 0 bridgehead atoms. The maximum atomic E-state index is 2.33. The predicted molar refractivity (Wildman–Crippen MR) is 65.5 cm³/mol. The van der Waals surface area contributed by atoms with Crippen molar-refractivity contribution in [1.29, 1.82) is 0 Å². The molecule has 0 N–H and O–H groups in total. The van der Waals surface area contributed by atoms with Gasteiger partial charge in [0.25, 0.3) is 0 Å². The van der Waals surface area contributed by atoms with Gasteiger partial charge in [-0.25, -0.2) is 0 Å². The second-order valence-electron chi connectivity index (χ2n) is 4.43. The fraction of sp³-hybridized carbons (Fsp3) is 1.00. The van der Waals surface area contributed by atoms with Gasteiger partial charge in [0.15, 0.2) is 0 Å². The van der Waals surface area contributed by atoms with Crippen molar-refractivity contribution in [1.82, 2.24) is 0 Å². The predicted octanol–water partition coefficient (Wildman–Crippen LogP) is 0.837. The molecular weight excluding hydrogens is 206 g/mol. The number of nitrogens with zero attached hydrogens (tertiary/aromatic N) is 1. The second kappa shape index (κ2) is 10.8. The van der Waals surface area contributed by atoms with Crippen molar-refractivity contribution in [2.45, 2.75) is 59.8 Å². The molecule has 0 heterocycles. The first-order chi connectivity index (χ1) is 6.74. The summed E-state index contributed by atoms with van der Waals surface area (Å²) < 4.78 is 1.33. The van der Waals surface area contributed by atoms with Crippen LogP contribution in [0.15, 0.2) is 0 Å². The largest absolute Gasteiger partial charge is 1.00 e. The van der Waals surface area contributed by atoms with Crippen LogP contribution in [0.3, 0.4) is 0 Å². The Morgan fingerprint density at radius 3 is 1.53 bits per heavy atom. The number of unbranched alkanes of at least 4 members (excludes halogenated alkanes) is 4. The average molecular weight is 236 g/mol. The monoisotopic (exact) mass is 235 g/mol. The van der Waals surface area contributed by atoms with Crippen molar-refractivity contribution in [3.8, 4) is 0 Å². The minimum absolute atomic E-state index is 0. The first-order valence-electron chi connectivity index (χ1n) is 6.59. The third-order valence-corrected chi connectivity index (χ3v) is 3.75. The molecule has 0 spiro atoms. The molecule has 0 rings (SSSR count). The van der Waals surface area contributed by atoms with Crippen molar-refractivity contribution in [2.75, 3.05) is 26.2 Å². The molecule has 0 aromatic rings. The molecule has 0 atom stereocenters. The molecule has 0 saturated heterocycles. The molecule has 94 valence electrons. The lowest BCUT2D eigenvalue weighted by molar-refractivity contribution is -0.923. The van der Waals surface area contributed by atoms with E-state index in [4.69, 9.17) is 0 Å². The Labute approximate surface area is 103 Å². The van der Waals surface area contributed by atoms with E-state index in [2.05, 4.69) is 27.7 Å². The van der Waals surface area contributed by atoms with E-state index in [1.165, 1.54) is 62.8 Å². The molecule has 0 aromatic carbocycles. The molecule has 0 fully saturated rings. The summed E-state index contributed by atoms with van der Waals surface area (Å²) in [4.78, 5) is 0. The van der Waals surface area contributed by atoms with E-state index in [-0.39, 0.29) is 12.4 Å². The molecule has 0 saturated carbocycles. The van der Waals surface area contributed by atoms with E-state index in [9.17, 15) is 0 Å². The van der Waals surface area contributed by atoms with Crippen LogP contribution in [0, 0.1) is 0 Å². The number of halogens is 1. The van der Waals surface area contributed by atoms with Crippen LogP contribution in [0.1, 0.15) is 59.8 Å². The maximum absolute atomic E-state index is 2.33. The zero-order valence-electron chi connectivity index (χ0n) is 11.2.